The maximum atomic E-state index is 12.0. The molecule has 0 aromatic heterocycles. The Kier molecular flexibility index (Phi) is 9.64. The molecule has 6 fully saturated rings. The molecule has 3 aliphatic heterocycles. The monoisotopic (exact) mass is 678 g/mol. The molecule has 7 rings (SSSR count). The number of aliphatic hydroxyl groups excluding tert-OH is 4. The predicted molar refractivity (Wildman–Crippen MR) is 172 cm³/mol. The fourth-order valence-electron chi connectivity index (χ4n) is 12.0. The van der Waals surface area contributed by atoms with E-state index in [1.54, 1.807) is 13.2 Å². The van der Waals surface area contributed by atoms with Crippen molar-refractivity contribution in [3.63, 3.8) is 0 Å². The number of hydrogen-bond donors (Lipinski definition) is 4. The van der Waals surface area contributed by atoms with Gasteiger partial charge in [0.15, 0.2) is 12.6 Å². The number of carbonyl (C=O) groups is 1. The van der Waals surface area contributed by atoms with Crippen molar-refractivity contribution in [2.45, 2.75) is 153 Å². The topological polar surface area (TPSA) is 153 Å². The summed E-state index contributed by atoms with van der Waals surface area (Å²) in [5, 5.41) is 40.5. The normalized spacial score (nSPS) is 53.8. The van der Waals surface area contributed by atoms with E-state index in [0.717, 1.165) is 25.7 Å². The summed E-state index contributed by atoms with van der Waals surface area (Å²) in [6.45, 7) is 9.48. The van der Waals surface area contributed by atoms with Gasteiger partial charge >= 0.3 is 5.97 Å². The number of aliphatic hydroxyl groups is 4. The van der Waals surface area contributed by atoms with Crippen LogP contribution in [0.15, 0.2) is 11.6 Å². The molecule has 2 saturated heterocycles. The van der Waals surface area contributed by atoms with E-state index in [2.05, 4.69) is 20.8 Å². The second kappa shape index (κ2) is 13.1. The van der Waals surface area contributed by atoms with Crippen molar-refractivity contribution in [1.82, 2.24) is 0 Å². The van der Waals surface area contributed by atoms with E-state index in [9.17, 15) is 25.2 Å². The van der Waals surface area contributed by atoms with E-state index in [1.165, 1.54) is 37.7 Å². The summed E-state index contributed by atoms with van der Waals surface area (Å²) in [6.07, 6.45) is 4.10. The van der Waals surface area contributed by atoms with E-state index in [-0.39, 0.29) is 28.3 Å². The highest BCUT2D eigenvalue weighted by molar-refractivity contribution is 5.85. The van der Waals surface area contributed by atoms with Crippen molar-refractivity contribution in [3.8, 4) is 0 Å². The van der Waals surface area contributed by atoms with Crippen LogP contribution in [-0.4, -0.2) is 108 Å². The molecule has 0 unspecified atom stereocenters. The Balaban J connectivity index is 0.971. The van der Waals surface area contributed by atoms with Gasteiger partial charge < -0.3 is 48.8 Å². The summed E-state index contributed by atoms with van der Waals surface area (Å²) < 4.78 is 35.9. The first-order valence-corrected chi connectivity index (χ1v) is 18.5. The zero-order chi connectivity index (χ0) is 34.2. The summed E-state index contributed by atoms with van der Waals surface area (Å²) in [5.74, 6) is 2.28. The van der Waals surface area contributed by atoms with Crippen LogP contribution in [0.3, 0.4) is 0 Å². The van der Waals surface area contributed by atoms with Crippen molar-refractivity contribution in [2.75, 3.05) is 20.3 Å². The third-order valence-electron chi connectivity index (χ3n) is 15.0. The molecular weight excluding hydrogens is 620 g/mol. The van der Waals surface area contributed by atoms with Crippen molar-refractivity contribution in [1.29, 1.82) is 0 Å². The van der Waals surface area contributed by atoms with Crippen molar-refractivity contribution >= 4 is 5.97 Å². The minimum Gasteiger partial charge on any atom is -0.458 e. The maximum absolute atomic E-state index is 12.0. The van der Waals surface area contributed by atoms with E-state index in [4.69, 9.17) is 28.4 Å². The van der Waals surface area contributed by atoms with E-state index >= 15 is 0 Å². The van der Waals surface area contributed by atoms with Gasteiger partial charge in [0.1, 0.15) is 37.1 Å². The number of ether oxygens (including phenoxy) is 6. The molecule has 3 heterocycles. The molecule has 0 spiro atoms. The number of esters is 1. The minimum absolute atomic E-state index is 0.101. The lowest BCUT2D eigenvalue weighted by Crippen LogP contribution is -2.61. The summed E-state index contributed by atoms with van der Waals surface area (Å²) in [6, 6.07) is 0. The summed E-state index contributed by atoms with van der Waals surface area (Å²) in [7, 11) is 1.61. The molecule has 272 valence electrons. The Labute approximate surface area is 284 Å². The highest BCUT2D eigenvalue weighted by Crippen LogP contribution is 2.73. The molecule has 48 heavy (non-hydrogen) atoms. The van der Waals surface area contributed by atoms with Gasteiger partial charge in [0.05, 0.1) is 24.9 Å². The van der Waals surface area contributed by atoms with Gasteiger partial charge in [-0.05, 0) is 110 Å². The van der Waals surface area contributed by atoms with Crippen LogP contribution in [0.4, 0.5) is 0 Å². The quantitative estimate of drug-likeness (QED) is 0.232. The van der Waals surface area contributed by atoms with Crippen LogP contribution >= 0.6 is 0 Å². The Hall–Kier alpha value is -1.15. The maximum Gasteiger partial charge on any atom is 0.331 e. The average Bonchev–Trinajstić information content (AvgIpc) is 3.61. The molecule has 0 amide bonds. The first-order chi connectivity index (χ1) is 22.8. The van der Waals surface area contributed by atoms with Crippen LogP contribution in [0.2, 0.25) is 0 Å². The standard InChI is InChI=1S/C37H58O11/c1-19-33(48-34-32(42)31(41)30(40)27(17-38)47-34)26(43-5)16-29(45-19)46-22-8-11-35(2)21(15-22)6-7-25-24(35)10-13-36(3)23(9-12-37(25,36)4)20-14-28(39)44-18-20/h14,19,21-27,29-34,38,40-42H,6-13,15-18H2,1-5H3/t19-,21-,22+,23-,24+,25-,26+,27-,29+,30-,31+,32-,33-,34+,35+,36-,37-/m1/s1. The third-order valence-corrected chi connectivity index (χ3v) is 15.0. The predicted octanol–water partition coefficient (Wildman–Crippen LogP) is 3.24. The molecule has 17 atom stereocenters. The number of fused-ring (bicyclic) bond motifs is 5. The zero-order valence-corrected chi connectivity index (χ0v) is 29.3. The van der Waals surface area contributed by atoms with Crippen LogP contribution in [0, 0.1) is 39.9 Å². The van der Waals surface area contributed by atoms with Crippen LogP contribution < -0.4 is 0 Å². The molecule has 11 heteroatoms. The lowest BCUT2D eigenvalue weighted by atomic mass is 9.40. The van der Waals surface area contributed by atoms with E-state index in [1.807, 2.05) is 6.92 Å². The smallest absolute Gasteiger partial charge is 0.331 e. The molecule has 0 aromatic carbocycles. The van der Waals surface area contributed by atoms with Crippen LogP contribution in [0.25, 0.3) is 0 Å². The third kappa shape index (κ3) is 5.62. The number of methoxy groups -OCH3 is 1. The highest BCUT2D eigenvalue weighted by Gasteiger charge is 2.66. The second-order valence-electron chi connectivity index (χ2n) is 16.9. The number of rotatable bonds is 7. The van der Waals surface area contributed by atoms with Crippen LogP contribution in [0.5, 0.6) is 0 Å². The first-order valence-electron chi connectivity index (χ1n) is 18.5. The fourth-order valence-corrected chi connectivity index (χ4v) is 12.0. The SMILES string of the molecule is CO[C@H]1C[C@H](O[C@H]2CC[C@@]3(C)[C@H](CC[C@@H]4[C@@H]3CC[C@]3(C)[C@@H](C5=CC(=O)OC5)CC[C@]43C)C2)O[C@H](C)[C@H]1O[C@@H]1O[C@H](CO)[C@@H](O)[C@H](O)[C@H]1O. The number of hydrogen-bond acceptors (Lipinski definition) is 11. The molecule has 4 aliphatic carbocycles. The molecule has 0 bridgehead atoms. The largest absolute Gasteiger partial charge is 0.458 e. The molecular formula is C37H58O11. The Morgan fingerprint density at radius 2 is 1.65 bits per heavy atom. The zero-order valence-electron chi connectivity index (χ0n) is 29.3. The summed E-state index contributed by atoms with van der Waals surface area (Å²) in [5.41, 5.74) is 1.99. The van der Waals surface area contributed by atoms with Gasteiger partial charge in [-0.15, -0.1) is 0 Å². The first kappa shape index (κ1) is 35.3. The average molecular weight is 679 g/mol. The molecule has 4 N–H and O–H groups in total. The number of cyclic esters (lactones) is 1. The minimum atomic E-state index is -1.52. The van der Waals surface area contributed by atoms with Crippen molar-refractivity contribution in [2.24, 2.45) is 39.9 Å². The van der Waals surface area contributed by atoms with Crippen molar-refractivity contribution < 1.29 is 53.6 Å². The Morgan fingerprint density at radius 1 is 0.875 bits per heavy atom. The van der Waals surface area contributed by atoms with Gasteiger partial charge in [0.2, 0.25) is 0 Å². The summed E-state index contributed by atoms with van der Waals surface area (Å²) >= 11 is 0. The van der Waals surface area contributed by atoms with Crippen LogP contribution in [0.1, 0.15) is 91.9 Å². The molecule has 7 aliphatic rings. The lowest BCUT2D eigenvalue weighted by molar-refractivity contribution is -0.345. The van der Waals surface area contributed by atoms with Gasteiger partial charge in [-0.1, -0.05) is 20.8 Å². The Bertz CT molecular complexity index is 1230. The van der Waals surface area contributed by atoms with Crippen LogP contribution in [-0.2, 0) is 33.2 Å². The van der Waals surface area contributed by atoms with Gasteiger partial charge in [0, 0.05) is 19.6 Å². The summed E-state index contributed by atoms with van der Waals surface area (Å²) in [4.78, 5) is 12.0. The number of carbonyl (C=O) groups excluding carboxylic acids is 1. The van der Waals surface area contributed by atoms with Gasteiger partial charge in [-0.25, -0.2) is 4.79 Å². The molecule has 11 nitrogen and oxygen atoms in total. The van der Waals surface area contributed by atoms with Gasteiger partial charge in [-0.2, -0.15) is 0 Å². The molecule has 0 aromatic rings. The lowest BCUT2D eigenvalue weighted by Gasteiger charge is -2.65. The second-order valence-corrected chi connectivity index (χ2v) is 16.9. The van der Waals surface area contributed by atoms with Gasteiger partial charge in [0.25, 0.3) is 0 Å². The van der Waals surface area contributed by atoms with Gasteiger partial charge in [-0.3, -0.25) is 0 Å². The van der Waals surface area contributed by atoms with Crippen molar-refractivity contribution in [3.05, 3.63) is 11.6 Å². The Morgan fingerprint density at radius 3 is 2.35 bits per heavy atom. The van der Waals surface area contributed by atoms with E-state index in [0.29, 0.717) is 36.7 Å². The molecule has 0 radical (unpaired) electrons. The highest BCUT2D eigenvalue weighted by atomic mass is 16.7. The van der Waals surface area contributed by atoms with E-state index < -0.39 is 61.9 Å². The molecule has 4 saturated carbocycles. The fraction of sp³-hybridized carbons (Fsp3) is 0.919.